The van der Waals surface area contributed by atoms with E-state index in [0.717, 1.165) is 5.75 Å². The summed E-state index contributed by atoms with van der Waals surface area (Å²) in [5.41, 5.74) is 6.11. The highest BCUT2D eigenvalue weighted by Crippen LogP contribution is 2.20. The van der Waals surface area contributed by atoms with Crippen LogP contribution in [-0.2, 0) is 9.59 Å². The van der Waals surface area contributed by atoms with Crippen molar-refractivity contribution in [3.05, 3.63) is 24.0 Å². The van der Waals surface area contributed by atoms with Crippen LogP contribution in [0.2, 0.25) is 0 Å². The van der Waals surface area contributed by atoms with Crippen LogP contribution in [-0.4, -0.2) is 29.9 Å². The number of halogens is 1. The second-order valence-electron chi connectivity index (χ2n) is 4.25. The number of rotatable bonds is 6. The standard InChI is InChI=1S/C13H18FN3O2S/c1-8(18)16-9-3-4-10(14)12(7-9)17-13(19)11(15)5-6-20-2/h3-4,7,11H,5-6,15H2,1-2H3,(H,16,18)(H,17,19)/t11-/m1/s1. The first-order valence-electron chi connectivity index (χ1n) is 6.06. The number of thioether (sulfide) groups is 1. The topological polar surface area (TPSA) is 84.2 Å². The number of hydrogen-bond donors (Lipinski definition) is 3. The highest BCUT2D eigenvalue weighted by molar-refractivity contribution is 7.98. The Hall–Kier alpha value is -1.60. The molecule has 0 unspecified atom stereocenters. The van der Waals surface area contributed by atoms with Gasteiger partial charge in [-0.2, -0.15) is 11.8 Å². The Bertz CT molecular complexity index is 497. The number of anilines is 2. The third kappa shape index (κ3) is 5.18. The number of amides is 2. The zero-order valence-corrected chi connectivity index (χ0v) is 12.2. The molecular formula is C13H18FN3O2S. The first kappa shape index (κ1) is 16.5. The van der Waals surface area contributed by atoms with Crippen molar-refractivity contribution in [1.29, 1.82) is 0 Å². The fraction of sp³-hybridized carbons (Fsp3) is 0.385. The van der Waals surface area contributed by atoms with Crippen molar-refractivity contribution < 1.29 is 14.0 Å². The van der Waals surface area contributed by atoms with Gasteiger partial charge in [0.1, 0.15) is 5.82 Å². The molecule has 0 aromatic heterocycles. The average Bonchev–Trinajstić information content (AvgIpc) is 2.39. The number of hydrogen-bond acceptors (Lipinski definition) is 4. The summed E-state index contributed by atoms with van der Waals surface area (Å²) in [4.78, 5) is 22.7. The van der Waals surface area contributed by atoms with E-state index < -0.39 is 17.8 Å². The molecule has 2 amide bonds. The molecule has 0 spiro atoms. The van der Waals surface area contributed by atoms with E-state index in [9.17, 15) is 14.0 Å². The van der Waals surface area contributed by atoms with Gasteiger partial charge in [0.25, 0.3) is 0 Å². The summed E-state index contributed by atoms with van der Waals surface area (Å²) in [6.45, 7) is 1.35. The highest BCUT2D eigenvalue weighted by Gasteiger charge is 2.15. The van der Waals surface area contributed by atoms with Crippen molar-refractivity contribution in [3.63, 3.8) is 0 Å². The number of carbonyl (C=O) groups excluding carboxylic acids is 2. The summed E-state index contributed by atoms with van der Waals surface area (Å²) in [5, 5.41) is 4.95. The van der Waals surface area contributed by atoms with Crippen LogP contribution in [0.4, 0.5) is 15.8 Å². The van der Waals surface area contributed by atoms with Crippen LogP contribution in [0.1, 0.15) is 13.3 Å². The van der Waals surface area contributed by atoms with Crippen LogP contribution in [0.3, 0.4) is 0 Å². The minimum absolute atomic E-state index is 0.000788. The van der Waals surface area contributed by atoms with Gasteiger partial charge in [-0.05, 0) is 36.6 Å². The van der Waals surface area contributed by atoms with Crippen molar-refractivity contribution in [2.45, 2.75) is 19.4 Å². The minimum Gasteiger partial charge on any atom is -0.326 e. The monoisotopic (exact) mass is 299 g/mol. The SMILES string of the molecule is CSCC[C@@H](N)C(=O)Nc1cc(NC(C)=O)ccc1F. The van der Waals surface area contributed by atoms with Crippen LogP contribution >= 0.6 is 11.8 Å². The van der Waals surface area contributed by atoms with Gasteiger partial charge in [-0.1, -0.05) is 0 Å². The van der Waals surface area contributed by atoms with Crippen LogP contribution in [0.5, 0.6) is 0 Å². The Kier molecular flexibility index (Phi) is 6.47. The van der Waals surface area contributed by atoms with Gasteiger partial charge in [-0.15, -0.1) is 0 Å². The molecule has 7 heteroatoms. The summed E-state index contributed by atoms with van der Waals surface area (Å²) in [5.74, 6) is -0.545. The molecule has 1 rings (SSSR count). The predicted molar refractivity (Wildman–Crippen MR) is 80.3 cm³/mol. The average molecular weight is 299 g/mol. The van der Waals surface area contributed by atoms with Gasteiger partial charge in [-0.25, -0.2) is 4.39 Å². The number of benzene rings is 1. The molecule has 0 bridgehead atoms. The molecule has 0 saturated carbocycles. The molecule has 0 aliphatic rings. The summed E-state index contributed by atoms with van der Waals surface area (Å²) in [6.07, 6.45) is 2.43. The van der Waals surface area contributed by atoms with Crippen LogP contribution in [0, 0.1) is 5.82 Å². The van der Waals surface area contributed by atoms with E-state index in [1.165, 1.54) is 25.1 Å². The maximum Gasteiger partial charge on any atom is 0.241 e. The van der Waals surface area contributed by atoms with Gasteiger partial charge in [0.2, 0.25) is 11.8 Å². The van der Waals surface area contributed by atoms with Gasteiger partial charge in [-0.3, -0.25) is 9.59 Å². The normalized spacial score (nSPS) is 11.8. The van der Waals surface area contributed by atoms with Gasteiger partial charge >= 0.3 is 0 Å². The zero-order valence-electron chi connectivity index (χ0n) is 11.4. The molecular weight excluding hydrogens is 281 g/mol. The molecule has 0 aliphatic heterocycles. The lowest BCUT2D eigenvalue weighted by Crippen LogP contribution is -2.36. The van der Waals surface area contributed by atoms with Gasteiger partial charge in [0.15, 0.2) is 0 Å². The fourth-order valence-electron chi connectivity index (χ4n) is 1.50. The fourth-order valence-corrected chi connectivity index (χ4v) is 1.99. The molecule has 0 aliphatic carbocycles. The van der Waals surface area contributed by atoms with E-state index in [4.69, 9.17) is 5.73 Å². The summed E-state index contributed by atoms with van der Waals surface area (Å²) >= 11 is 1.58. The lowest BCUT2D eigenvalue weighted by atomic mass is 10.2. The van der Waals surface area contributed by atoms with E-state index >= 15 is 0 Å². The summed E-state index contributed by atoms with van der Waals surface area (Å²) in [7, 11) is 0. The Morgan fingerprint density at radius 1 is 1.40 bits per heavy atom. The third-order valence-corrected chi connectivity index (χ3v) is 3.16. The Labute approximate surface area is 121 Å². The van der Waals surface area contributed by atoms with E-state index in [0.29, 0.717) is 12.1 Å². The Morgan fingerprint density at radius 2 is 2.10 bits per heavy atom. The molecule has 0 heterocycles. The van der Waals surface area contributed by atoms with Crippen molar-refractivity contribution in [2.75, 3.05) is 22.6 Å². The lowest BCUT2D eigenvalue weighted by molar-refractivity contribution is -0.117. The smallest absolute Gasteiger partial charge is 0.241 e. The third-order valence-electron chi connectivity index (χ3n) is 2.51. The summed E-state index contributed by atoms with van der Waals surface area (Å²) in [6, 6.07) is 3.26. The lowest BCUT2D eigenvalue weighted by Gasteiger charge is -2.13. The van der Waals surface area contributed by atoms with Crippen molar-refractivity contribution in [2.24, 2.45) is 5.73 Å². The zero-order chi connectivity index (χ0) is 15.1. The number of carbonyl (C=O) groups is 2. The molecule has 20 heavy (non-hydrogen) atoms. The van der Waals surface area contributed by atoms with Crippen molar-refractivity contribution in [1.82, 2.24) is 0 Å². The predicted octanol–water partition coefficient (Wildman–Crippen LogP) is 1.80. The minimum atomic E-state index is -0.689. The van der Waals surface area contributed by atoms with Gasteiger partial charge in [0.05, 0.1) is 11.7 Å². The molecule has 1 aromatic rings. The molecule has 4 N–H and O–H groups in total. The second-order valence-corrected chi connectivity index (χ2v) is 5.24. The molecule has 5 nitrogen and oxygen atoms in total. The van der Waals surface area contributed by atoms with E-state index in [1.54, 1.807) is 11.8 Å². The molecule has 110 valence electrons. The van der Waals surface area contributed by atoms with E-state index in [-0.39, 0.29) is 11.6 Å². The summed E-state index contributed by atoms with van der Waals surface area (Å²) < 4.78 is 13.6. The number of nitrogens with two attached hydrogens (primary N) is 1. The van der Waals surface area contributed by atoms with Crippen LogP contribution in [0.25, 0.3) is 0 Å². The first-order chi connectivity index (χ1) is 9.43. The maximum absolute atomic E-state index is 13.6. The first-order valence-corrected chi connectivity index (χ1v) is 7.46. The quantitative estimate of drug-likeness (QED) is 0.748. The molecule has 0 fully saturated rings. The van der Waals surface area contributed by atoms with Gasteiger partial charge in [0, 0.05) is 12.6 Å². The molecule has 0 saturated heterocycles. The van der Waals surface area contributed by atoms with E-state index in [1.807, 2.05) is 6.26 Å². The van der Waals surface area contributed by atoms with Crippen LogP contribution in [0.15, 0.2) is 18.2 Å². The largest absolute Gasteiger partial charge is 0.326 e. The van der Waals surface area contributed by atoms with Crippen LogP contribution < -0.4 is 16.4 Å². The Balaban J connectivity index is 2.75. The highest BCUT2D eigenvalue weighted by atomic mass is 32.2. The van der Waals surface area contributed by atoms with E-state index in [2.05, 4.69) is 10.6 Å². The maximum atomic E-state index is 13.6. The van der Waals surface area contributed by atoms with Crippen molar-refractivity contribution >= 4 is 35.0 Å². The van der Waals surface area contributed by atoms with Gasteiger partial charge < -0.3 is 16.4 Å². The Morgan fingerprint density at radius 3 is 2.70 bits per heavy atom. The number of nitrogens with one attached hydrogen (secondary N) is 2. The molecule has 0 radical (unpaired) electrons. The molecule has 1 atom stereocenters. The molecule has 1 aromatic carbocycles. The van der Waals surface area contributed by atoms with Crippen molar-refractivity contribution in [3.8, 4) is 0 Å². The second kappa shape index (κ2) is 7.86.